The zero-order valence-corrected chi connectivity index (χ0v) is 17.0. The van der Waals surface area contributed by atoms with Crippen molar-refractivity contribution in [1.82, 2.24) is 9.88 Å². The minimum atomic E-state index is -1.02. The standard InChI is InChI=1S/C19H23N3O3S2/c1-11-3-4-12(2)13(9-11)17(20)15-5-6-16(23)22(15)7-8-26-19-21-14(10-27-19)18(24)25/h3-4,9-10,15,17H,5-8,20H2,1-2H3,(H,24,25)/t15-,17?/m1/s1. The molecule has 1 fully saturated rings. The largest absolute Gasteiger partial charge is 0.476 e. The van der Waals surface area contributed by atoms with Gasteiger partial charge in [0, 0.05) is 24.1 Å². The van der Waals surface area contributed by atoms with Gasteiger partial charge in [-0.2, -0.15) is 0 Å². The smallest absolute Gasteiger partial charge is 0.355 e. The van der Waals surface area contributed by atoms with Crippen LogP contribution in [0, 0.1) is 13.8 Å². The maximum Gasteiger partial charge on any atom is 0.355 e. The fraction of sp³-hybridized carbons (Fsp3) is 0.421. The van der Waals surface area contributed by atoms with Crippen molar-refractivity contribution in [3.05, 3.63) is 46.0 Å². The van der Waals surface area contributed by atoms with Gasteiger partial charge in [-0.25, -0.2) is 9.78 Å². The number of aromatic carboxylic acids is 1. The molecule has 8 heteroatoms. The molecule has 2 atom stereocenters. The van der Waals surface area contributed by atoms with E-state index in [2.05, 4.69) is 23.2 Å². The molecule has 0 aliphatic carbocycles. The number of rotatable bonds is 7. The third-order valence-electron chi connectivity index (χ3n) is 4.84. The monoisotopic (exact) mass is 405 g/mol. The van der Waals surface area contributed by atoms with Crippen LogP contribution >= 0.6 is 23.1 Å². The van der Waals surface area contributed by atoms with E-state index in [4.69, 9.17) is 10.8 Å². The third kappa shape index (κ3) is 4.51. The lowest BCUT2D eigenvalue weighted by Gasteiger charge is -2.30. The maximum atomic E-state index is 12.4. The number of carbonyl (C=O) groups is 2. The molecule has 3 N–H and O–H groups in total. The average molecular weight is 406 g/mol. The summed E-state index contributed by atoms with van der Waals surface area (Å²) in [4.78, 5) is 29.2. The summed E-state index contributed by atoms with van der Waals surface area (Å²) in [6.45, 7) is 4.67. The number of carbonyl (C=O) groups excluding carboxylic acids is 1. The van der Waals surface area contributed by atoms with Crippen LogP contribution in [0.2, 0.25) is 0 Å². The minimum absolute atomic E-state index is 0.00974. The summed E-state index contributed by atoms with van der Waals surface area (Å²) in [6.07, 6.45) is 1.28. The first kappa shape index (κ1) is 19.9. The molecule has 1 aliphatic rings. The second kappa shape index (κ2) is 8.41. The van der Waals surface area contributed by atoms with Gasteiger partial charge in [0.25, 0.3) is 0 Å². The first-order valence-electron chi connectivity index (χ1n) is 8.80. The number of nitrogens with zero attached hydrogens (tertiary/aromatic N) is 2. The molecule has 0 spiro atoms. The number of thioether (sulfide) groups is 1. The van der Waals surface area contributed by atoms with E-state index in [1.54, 1.807) is 0 Å². The quantitative estimate of drug-likeness (QED) is 0.687. The number of nitrogens with two attached hydrogens (primary N) is 1. The molecular formula is C19H23N3O3S2. The molecule has 144 valence electrons. The van der Waals surface area contributed by atoms with Gasteiger partial charge in [-0.3, -0.25) is 4.79 Å². The Balaban J connectivity index is 1.65. The van der Waals surface area contributed by atoms with Gasteiger partial charge in [-0.05, 0) is 31.4 Å². The Morgan fingerprint density at radius 2 is 2.26 bits per heavy atom. The van der Waals surface area contributed by atoms with Gasteiger partial charge >= 0.3 is 5.97 Å². The fourth-order valence-electron chi connectivity index (χ4n) is 3.40. The van der Waals surface area contributed by atoms with Crippen LogP contribution in [0.1, 0.15) is 46.1 Å². The molecule has 1 aliphatic heterocycles. The molecule has 2 aromatic rings. The van der Waals surface area contributed by atoms with Crippen LogP contribution in [-0.2, 0) is 4.79 Å². The third-order valence-corrected chi connectivity index (χ3v) is 6.84. The number of hydrogen-bond donors (Lipinski definition) is 2. The lowest BCUT2D eigenvalue weighted by Crippen LogP contribution is -2.41. The second-order valence-corrected chi connectivity index (χ2v) is 8.93. The number of aromatic nitrogens is 1. The van der Waals surface area contributed by atoms with E-state index >= 15 is 0 Å². The molecule has 1 unspecified atom stereocenters. The summed E-state index contributed by atoms with van der Waals surface area (Å²) in [6, 6.07) is 6.03. The summed E-state index contributed by atoms with van der Waals surface area (Å²) in [5, 5.41) is 10.5. The summed E-state index contributed by atoms with van der Waals surface area (Å²) >= 11 is 2.78. The second-order valence-electron chi connectivity index (χ2n) is 6.73. The Hall–Kier alpha value is -1.90. The van der Waals surface area contributed by atoms with Crippen LogP contribution in [0.5, 0.6) is 0 Å². The predicted octanol–water partition coefficient (Wildman–Crippen LogP) is 3.24. The van der Waals surface area contributed by atoms with E-state index in [1.165, 1.54) is 28.5 Å². The average Bonchev–Trinajstić information content (AvgIpc) is 3.24. The van der Waals surface area contributed by atoms with Gasteiger partial charge in [0.2, 0.25) is 5.91 Å². The highest BCUT2D eigenvalue weighted by molar-refractivity contribution is 8.01. The van der Waals surface area contributed by atoms with Crippen molar-refractivity contribution >= 4 is 35.0 Å². The van der Waals surface area contributed by atoms with Gasteiger partial charge in [-0.1, -0.05) is 35.5 Å². The molecule has 0 radical (unpaired) electrons. The van der Waals surface area contributed by atoms with E-state index in [0.29, 0.717) is 23.1 Å². The van der Waals surface area contributed by atoms with Crippen molar-refractivity contribution in [2.24, 2.45) is 5.73 Å². The van der Waals surface area contributed by atoms with Crippen LogP contribution < -0.4 is 5.73 Å². The van der Waals surface area contributed by atoms with E-state index < -0.39 is 5.97 Å². The zero-order chi connectivity index (χ0) is 19.6. The van der Waals surface area contributed by atoms with Gasteiger partial charge in [0.05, 0.1) is 12.1 Å². The summed E-state index contributed by atoms with van der Waals surface area (Å²) in [5.41, 5.74) is 10.0. The SMILES string of the molecule is Cc1ccc(C)c(C(N)[C@H]2CCC(=O)N2CCSc2nc(C(=O)O)cs2)c1. The van der Waals surface area contributed by atoms with Crippen molar-refractivity contribution < 1.29 is 14.7 Å². The Morgan fingerprint density at radius 3 is 2.96 bits per heavy atom. The molecule has 0 saturated carbocycles. The molecule has 3 rings (SSSR count). The van der Waals surface area contributed by atoms with Crippen molar-refractivity contribution in [1.29, 1.82) is 0 Å². The minimum Gasteiger partial charge on any atom is -0.476 e. The Kier molecular flexibility index (Phi) is 6.18. The van der Waals surface area contributed by atoms with Gasteiger partial charge in [0.15, 0.2) is 10.0 Å². The van der Waals surface area contributed by atoms with E-state index in [1.807, 2.05) is 18.7 Å². The molecule has 1 aromatic heterocycles. The van der Waals surface area contributed by atoms with Gasteiger partial charge in [0.1, 0.15) is 0 Å². The molecular weight excluding hydrogens is 382 g/mol. The number of carboxylic acids is 1. The summed E-state index contributed by atoms with van der Waals surface area (Å²) < 4.78 is 0.703. The van der Waals surface area contributed by atoms with Gasteiger partial charge < -0.3 is 15.7 Å². The van der Waals surface area contributed by atoms with Crippen molar-refractivity contribution in [3.8, 4) is 0 Å². The highest BCUT2D eigenvalue weighted by Crippen LogP contribution is 2.31. The normalized spacial score (nSPS) is 18.1. The van der Waals surface area contributed by atoms with Crippen molar-refractivity contribution in [2.45, 2.75) is 43.1 Å². The van der Waals surface area contributed by atoms with Crippen LogP contribution in [0.25, 0.3) is 0 Å². The zero-order valence-electron chi connectivity index (χ0n) is 15.3. The number of amides is 1. The summed E-state index contributed by atoms with van der Waals surface area (Å²) in [7, 11) is 0. The molecule has 27 heavy (non-hydrogen) atoms. The lowest BCUT2D eigenvalue weighted by molar-refractivity contribution is -0.128. The van der Waals surface area contributed by atoms with E-state index in [9.17, 15) is 9.59 Å². The van der Waals surface area contributed by atoms with Crippen molar-refractivity contribution in [3.63, 3.8) is 0 Å². The first-order chi connectivity index (χ1) is 12.9. The Labute approximate surface area is 166 Å². The molecule has 2 heterocycles. The maximum absolute atomic E-state index is 12.4. The molecule has 1 amide bonds. The van der Waals surface area contributed by atoms with Crippen LogP contribution in [0.15, 0.2) is 27.9 Å². The number of carboxylic acid groups (broad SMARTS) is 1. The van der Waals surface area contributed by atoms with Crippen molar-refractivity contribution in [2.75, 3.05) is 12.3 Å². The molecule has 1 saturated heterocycles. The first-order valence-corrected chi connectivity index (χ1v) is 10.7. The number of aryl methyl sites for hydroxylation is 2. The van der Waals surface area contributed by atoms with Crippen LogP contribution in [-0.4, -0.2) is 45.2 Å². The topological polar surface area (TPSA) is 96.5 Å². The number of benzene rings is 1. The molecule has 0 bridgehead atoms. The number of likely N-dealkylation sites (tertiary alicyclic amines) is 1. The van der Waals surface area contributed by atoms with Crippen LogP contribution in [0.4, 0.5) is 0 Å². The highest BCUT2D eigenvalue weighted by Gasteiger charge is 2.35. The highest BCUT2D eigenvalue weighted by atomic mass is 32.2. The summed E-state index contributed by atoms with van der Waals surface area (Å²) in [5.74, 6) is -0.229. The Bertz CT molecular complexity index is 852. The predicted molar refractivity (Wildman–Crippen MR) is 107 cm³/mol. The molecule has 1 aromatic carbocycles. The Morgan fingerprint density at radius 1 is 1.48 bits per heavy atom. The van der Waals surface area contributed by atoms with E-state index in [0.717, 1.165) is 23.1 Å². The number of thiazole rings is 1. The van der Waals surface area contributed by atoms with Crippen LogP contribution in [0.3, 0.4) is 0 Å². The number of hydrogen-bond acceptors (Lipinski definition) is 6. The fourth-order valence-corrected chi connectivity index (χ4v) is 5.21. The lowest BCUT2D eigenvalue weighted by atomic mass is 9.93. The van der Waals surface area contributed by atoms with E-state index in [-0.39, 0.29) is 23.7 Å². The molecule has 6 nitrogen and oxygen atoms in total. The van der Waals surface area contributed by atoms with Gasteiger partial charge in [-0.15, -0.1) is 11.3 Å².